The van der Waals surface area contributed by atoms with E-state index in [0.29, 0.717) is 0 Å². The topological polar surface area (TPSA) is 36.3 Å². The highest BCUT2D eigenvalue weighted by molar-refractivity contribution is 5.40. The summed E-state index contributed by atoms with van der Waals surface area (Å²) in [4.78, 5) is 0. The molecule has 0 aliphatic rings. The number of alkyl halides is 2. The summed E-state index contributed by atoms with van der Waals surface area (Å²) in [5, 5.41) is 3.84. The molecule has 0 unspecified atom stereocenters. The lowest BCUT2D eigenvalue weighted by Gasteiger charge is -2.21. The van der Waals surface area contributed by atoms with Gasteiger partial charge in [-0.3, -0.25) is 0 Å². The zero-order chi connectivity index (χ0) is 12.5. The van der Waals surface area contributed by atoms with Crippen molar-refractivity contribution in [2.24, 2.45) is 0 Å². The molecule has 92 valence electrons. The van der Waals surface area contributed by atoms with Crippen LogP contribution in [0.1, 0.15) is 32.9 Å². The van der Waals surface area contributed by atoms with Crippen molar-refractivity contribution in [3.63, 3.8) is 0 Å². The molecule has 6 heteroatoms. The second kappa shape index (κ2) is 4.27. The van der Waals surface area contributed by atoms with Crippen LogP contribution in [0.25, 0.3) is 0 Å². The number of methoxy groups -OCH3 is 2. The number of rotatable bonds is 3. The summed E-state index contributed by atoms with van der Waals surface area (Å²) in [7, 11) is 2.72. The fraction of sp³-hybridized carbons (Fsp3) is 0.700. The minimum Gasteiger partial charge on any atom is -0.490 e. The Hall–Kier alpha value is -1.33. The maximum absolute atomic E-state index is 12.7. The van der Waals surface area contributed by atoms with Crippen molar-refractivity contribution >= 4 is 0 Å². The zero-order valence-corrected chi connectivity index (χ0v) is 10.0. The molecule has 1 aromatic heterocycles. The highest BCUT2D eigenvalue weighted by Crippen LogP contribution is 2.39. The maximum Gasteiger partial charge on any atom is 0.285 e. The number of hydrogen-bond donors (Lipinski definition) is 0. The third-order valence-corrected chi connectivity index (χ3v) is 2.07. The van der Waals surface area contributed by atoms with Crippen LogP contribution < -0.4 is 9.47 Å². The minimum absolute atomic E-state index is 0.00701. The van der Waals surface area contributed by atoms with Gasteiger partial charge < -0.3 is 9.47 Å². The third-order valence-electron chi connectivity index (χ3n) is 2.07. The van der Waals surface area contributed by atoms with Crippen LogP contribution in [0.15, 0.2) is 0 Å². The van der Waals surface area contributed by atoms with Gasteiger partial charge in [-0.25, -0.2) is 13.5 Å². The van der Waals surface area contributed by atoms with Crippen LogP contribution in [-0.4, -0.2) is 24.0 Å². The van der Waals surface area contributed by atoms with Gasteiger partial charge in [0.15, 0.2) is 5.69 Å². The molecule has 0 N–H and O–H groups in total. The smallest absolute Gasteiger partial charge is 0.285 e. The van der Waals surface area contributed by atoms with Gasteiger partial charge in [0.05, 0.1) is 19.8 Å². The highest BCUT2D eigenvalue weighted by atomic mass is 19.3. The Kier molecular flexibility index (Phi) is 3.40. The molecule has 16 heavy (non-hydrogen) atoms. The lowest BCUT2D eigenvalue weighted by atomic mass is 10.1. The lowest BCUT2D eigenvalue weighted by Crippen LogP contribution is -2.24. The summed E-state index contributed by atoms with van der Waals surface area (Å²) in [5.74, 6) is 0.206. The summed E-state index contributed by atoms with van der Waals surface area (Å²) in [6, 6.07) is 0. The first-order valence-electron chi connectivity index (χ1n) is 4.82. The minimum atomic E-state index is -2.69. The van der Waals surface area contributed by atoms with Gasteiger partial charge in [0, 0.05) is 0 Å². The van der Waals surface area contributed by atoms with Gasteiger partial charge in [0.1, 0.15) is 0 Å². The van der Waals surface area contributed by atoms with Crippen molar-refractivity contribution in [3.05, 3.63) is 5.69 Å². The van der Waals surface area contributed by atoms with Gasteiger partial charge in [0.25, 0.3) is 12.3 Å². The molecule has 1 heterocycles. The van der Waals surface area contributed by atoms with E-state index in [-0.39, 0.29) is 11.6 Å². The van der Waals surface area contributed by atoms with E-state index < -0.39 is 17.7 Å². The van der Waals surface area contributed by atoms with Gasteiger partial charge in [-0.15, -0.1) is 0 Å². The van der Waals surface area contributed by atoms with E-state index in [9.17, 15) is 8.78 Å². The van der Waals surface area contributed by atoms with Crippen LogP contribution in [0.4, 0.5) is 8.78 Å². The molecule has 0 amide bonds. The SMILES string of the molecule is COc1c(C(F)F)nn(C(C)(C)C)c1OC. The fourth-order valence-electron chi connectivity index (χ4n) is 1.37. The van der Waals surface area contributed by atoms with E-state index in [1.54, 1.807) is 0 Å². The molecule has 0 fully saturated rings. The summed E-state index contributed by atoms with van der Waals surface area (Å²) < 4.78 is 36.8. The predicted octanol–water partition coefficient (Wildman–Crippen LogP) is 2.59. The van der Waals surface area contributed by atoms with Crippen LogP contribution in [-0.2, 0) is 5.54 Å². The van der Waals surface area contributed by atoms with Crippen molar-refractivity contribution in [2.75, 3.05) is 14.2 Å². The fourth-order valence-corrected chi connectivity index (χ4v) is 1.37. The van der Waals surface area contributed by atoms with Gasteiger partial charge in [0.2, 0.25) is 5.75 Å². The molecule has 0 aromatic carbocycles. The molecule has 0 radical (unpaired) electrons. The molecule has 1 aromatic rings. The average molecular weight is 234 g/mol. The number of ether oxygens (including phenoxy) is 2. The number of hydrogen-bond acceptors (Lipinski definition) is 3. The Balaban J connectivity index is 3.41. The van der Waals surface area contributed by atoms with Crippen LogP contribution >= 0.6 is 0 Å². The second-order valence-corrected chi connectivity index (χ2v) is 4.31. The Bertz CT molecular complexity index is 370. The molecule has 0 bridgehead atoms. The molecule has 1 rings (SSSR count). The first-order chi connectivity index (χ1) is 7.32. The number of halogens is 2. The standard InChI is InChI=1S/C10H16F2N2O2/c1-10(2,3)14-9(16-5)7(15-4)6(13-14)8(11)12/h8H,1-5H3. The molecule has 0 aliphatic heterocycles. The van der Waals surface area contributed by atoms with E-state index in [2.05, 4.69) is 5.10 Å². The molecule has 4 nitrogen and oxygen atoms in total. The summed E-state index contributed by atoms with van der Waals surface area (Å²) in [6.07, 6.45) is -2.69. The van der Waals surface area contributed by atoms with Gasteiger partial charge in [-0.1, -0.05) is 0 Å². The average Bonchev–Trinajstić information content (AvgIpc) is 2.54. The zero-order valence-electron chi connectivity index (χ0n) is 10.0. The van der Waals surface area contributed by atoms with Crippen LogP contribution in [0.2, 0.25) is 0 Å². The van der Waals surface area contributed by atoms with Crippen molar-refractivity contribution in [2.45, 2.75) is 32.7 Å². The van der Waals surface area contributed by atoms with Crippen molar-refractivity contribution in [1.29, 1.82) is 0 Å². The highest BCUT2D eigenvalue weighted by Gasteiger charge is 2.30. The predicted molar refractivity (Wildman–Crippen MR) is 55.3 cm³/mol. The monoisotopic (exact) mass is 234 g/mol. The van der Waals surface area contributed by atoms with Crippen LogP contribution in [0.5, 0.6) is 11.6 Å². The second-order valence-electron chi connectivity index (χ2n) is 4.31. The first kappa shape index (κ1) is 12.7. The molecule has 0 atom stereocenters. The van der Waals surface area contributed by atoms with Gasteiger partial charge in [-0.2, -0.15) is 5.10 Å². The number of aromatic nitrogens is 2. The third kappa shape index (κ3) is 2.10. The summed E-state index contributed by atoms with van der Waals surface area (Å²) in [6.45, 7) is 5.53. The van der Waals surface area contributed by atoms with Gasteiger partial charge >= 0.3 is 0 Å². The molecular weight excluding hydrogens is 218 g/mol. The van der Waals surface area contributed by atoms with Crippen molar-refractivity contribution in [1.82, 2.24) is 9.78 Å². The first-order valence-corrected chi connectivity index (χ1v) is 4.82. The molecular formula is C10H16F2N2O2. The lowest BCUT2D eigenvalue weighted by molar-refractivity contribution is 0.140. The largest absolute Gasteiger partial charge is 0.490 e. The number of nitrogens with zero attached hydrogens (tertiary/aromatic N) is 2. The molecule has 0 saturated carbocycles. The van der Waals surface area contributed by atoms with E-state index in [1.807, 2.05) is 20.8 Å². The quantitative estimate of drug-likeness (QED) is 0.806. The van der Waals surface area contributed by atoms with E-state index in [4.69, 9.17) is 9.47 Å². The normalized spacial score (nSPS) is 12.0. The van der Waals surface area contributed by atoms with Crippen molar-refractivity contribution in [3.8, 4) is 11.6 Å². The summed E-state index contributed by atoms with van der Waals surface area (Å²) in [5.41, 5.74) is -0.847. The Morgan fingerprint density at radius 2 is 1.75 bits per heavy atom. The molecule has 0 aliphatic carbocycles. The maximum atomic E-state index is 12.7. The Morgan fingerprint density at radius 1 is 1.19 bits per heavy atom. The van der Waals surface area contributed by atoms with Crippen molar-refractivity contribution < 1.29 is 18.3 Å². The van der Waals surface area contributed by atoms with Crippen LogP contribution in [0, 0.1) is 0 Å². The van der Waals surface area contributed by atoms with E-state index >= 15 is 0 Å². The molecule has 0 spiro atoms. The Morgan fingerprint density at radius 3 is 2.06 bits per heavy atom. The Labute approximate surface area is 93.2 Å². The van der Waals surface area contributed by atoms with E-state index in [1.165, 1.54) is 18.9 Å². The summed E-state index contributed by atoms with van der Waals surface area (Å²) >= 11 is 0. The van der Waals surface area contributed by atoms with Gasteiger partial charge in [-0.05, 0) is 20.8 Å². The van der Waals surface area contributed by atoms with E-state index in [0.717, 1.165) is 0 Å². The van der Waals surface area contributed by atoms with Crippen LogP contribution in [0.3, 0.4) is 0 Å². The molecule has 0 saturated heterocycles.